The third-order valence-electron chi connectivity index (χ3n) is 3.73. The average Bonchev–Trinajstić information content (AvgIpc) is 2.52. The van der Waals surface area contributed by atoms with Gasteiger partial charge in [0.25, 0.3) is 0 Å². The Balaban J connectivity index is 2.22. The van der Waals surface area contributed by atoms with Crippen LogP contribution in [-0.2, 0) is 16.6 Å². The molecule has 5 nitrogen and oxygen atoms in total. The largest absolute Gasteiger partial charge is 0.465 e. The summed E-state index contributed by atoms with van der Waals surface area (Å²) >= 11 is 0. The van der Waals surface area contributed by atoms with Crippen molar-refractivity contribution in [3.05, 3.63) is 17.1 Å². The number of rotatable bonds is 6. The first kappa shape index (κ1) is 14.6. The van der Waals surface area contributed by atoms with Gasteiger partial charge in [-0.25, -0.2) is 13.1 Å². The van der Waals surface area contributed by atoms with Crippen LogP contribution in [0.3, 0.4) is 0 Å². The summed E-state index contributed by atoms with van der Waals surface area (Å²) in [6.07, 6.45) is 3.45. The van der Waals surface area contributed by atoms with Crippen molar-refractivity contribution in [3.8, 4) is 0 Å². The van der Waals surface area contributed by atoms with Gasteiger partial charge < -0.3 is 9.73 Å². The Labute approximate surface area is 114 Å². The van der Waals surface area contributed by atoms with Crippen molar-refractivity contribution in [2.45, 2.75) is 44.6 Å². The van der Waals surface area contributed by atoms with E-state index >= 15 is 0 Å². The molecule has 0 spiro atoms. The zero-order chi connectivity index (χ0) is 14.0. The predicted molar refractivity (Wildman–Crippen MR) is 73.5 cm³/mol. The van der Waals surface area contributed by atoms with Gasteiger partial charge in [-0.2, -0.15) is 0 Å². The molecule has 0 saturated heterocycles. The Morgan fingerprint density at radius 3 is 2.47 bits per heavy atom. The van der Waals surface area contributed by atoms with E-state index in [1.165, 1.54) is 6.42 Å². The van der Waals surface area contributed by atoms with Gasteiger partial charge in [0.15, 0.2) is 0 Å². The van der Waals surface area contributed by atoms with Crippen LogP contribution in [0.4, 0.5) is 0 Å². The van der Waals surface area contributed by atoms with Gasteiger partial charge >= 0.3 is 0 Å². The first-order valence-electron chi connectivity index (χ1n) is 6.69. The van der Waals surface area contributed by atoms with Crippen molar-refractivity contribution in [2.75, 3.05) is 13.6 Å². The molecule has 1 aromatic heterocycles. The minimum atomic E-state index is -3.48. The molecule has 1 fully saturated rings. The molecule has 2 rings (SSSR count). The topological polar surface area (TPSA) is 71.3 Å². The van der Waals surface area contributed by atoms with Gasteiger partial charge in [0.05, 0.1) is 0 Å². The van der Waals surface area contributed by atoms with E-state index in [9.17, 15) is 8.42 Å². The quantitative estimate of drug-likeness (QED) is 0.835. The maximum absolute atomic E-state index is 12.4. The summed E-state index contributed by atoms with van der Waals surface area (Å²) < 4.78 is 33.0. The lowest BCUT2D eigenvalue weighted by Crippen LogP contribution is -2.33. The third-order valence-corrected chi connectivity index (χ3v) is 5.35. The monoisotopic (exact) mass is 286 g/mol. The number of hydrogen-bond acceptors (Lipinski definition) is 4. The highest BCUT2D eigenvalue weighted by atomic mass is 32.2. The van der Waals surface area contributed by atoms with Crippen LogP contribution >= 0.6 is 0 Å². The first-order chi connectivity index (χ1) is 8.95. The first-order valence-corrected chi connectivity index (χ1v) is 8.17. The lowest BCUT2D eigenvalue weighted by atomic mass is 9.86. The van der Waals surface area contributed by atoms with E-state index in [-0.39, 0.29) is 0 Å². The molecule has 6 heteroatoms. The molecule has 0 bridgehead atoms. The van der Waals surface area contributed by atoms with Gasteiger partial charge in [0.2, 0.25) is 10.0 Å². The van der Waals surface area contributed by atoms with Crippen molar-refractivity contribution in [2.24, 2.45) is 5.92 Å². The van der Waals surface area contributed by atoms with Crippen LogP contribution in [0.25, 0.3) is 0 Å². The van der Waals surface area contributed by atoms with E-state index in [0.29, 0.717) is 35.4 Å². The molecular weight excluding hydrogens is 264 g/mol. The second-order valence-electron chi connectivity index (χ2n) is 5.20. The van der Waals surface area contributed by atoms with Crippen molar-refractivity contribution in [1.29, 1.82) is 0 Å². The highest BCUT2D eigenvalue weighted by Crippen LogP contribution is 2.28. The molecule has 0 aromatic carbocycles. The maximum atomic E-state index is 12.4. The number of furan rings is 1. The summed E-state index contributed by atoms with van der Waals surface area (Å²) in [7, 11) is -1.69. The molecule has 0 radical (unpaired) electrons. The van der Waals surface area contributed by atoms with Crippen LogP contribution < -0.4 is 10.0 Å². The predicted octanol–water partition coefficient (Wildman–Crippen LogP) is 1.69. The second kappa shape index (κ2) is 5.64. The molecular formula is C13H22N2O3S. The van der Waals surface area contributed by atoms with Crippen molar-refractivity contribution >= 4 is 10.0 Å². The Kier molecular flexibility index (Phi) is 4.32. The second-order valence-corrected chi connectivity index (χ2v) is 6.91. The van der Waals surface area contributed by atoms with Gasteiger partial charge in [-0.15, -0.1) is 0 Å². The molecule has 19 heavy (non-hydrogen) atoms. The maximum Gasteiger partial charge on any atom is 0.244 e. The molecule has 0 aliphatic heterocycles. The normalized spacial score (nSPS) is 16.6. The highest BCUT2D eigenvalue weighted by molar-refractivity contribution is 7.89. The van der Waals surface area contributed by atoms with E-state index in [2.05, 4.69) is 10.0 Å². The molecule has 1 aliphatic carbocycles. The average molecular weight is 286 g/mol. The Hall–Kier alpha value is -0.850. The molecule has 1 saturated carbocycles. The van der Waals surface area contributed by atoms with Gasteiger partial charge in [0.1, 0.15) is 16.4 Å². The number of sulfonamides is 1. The van der Waals surface area contributed by atoms with Crippen molar-refractivity contribution < 1.29 is 12.8 Å². The van der Waals surface area contributed by atoms with Crippen LogP contribution in [0.2, 0.25) is 0 Å². The molecule has 0 unspecified atom stereocenters. The molecule has 0 atom stereocenters. The lowest BCUT2D eigenvalue weighted by Gasteiger charge is -2.25. The summed E-state index contributed by atoms with van der Waals surface area (Å²) in [6, 6.07) is 0. The van der Waals surface area contributed by atoms with Crippen LogP contribution in [0.1, 0.15) is 36.3 Å². The van der Waals surface area contributed by atoms with Gasteiger partial charge in [-0.3, -0.25) is 0 Å². The van der Waals surface area contributed by atoms with E-state index < -0.39 is 10.0 Å². The van der Waals surface area contributed by atoms with Crippen LogP contribution in [0, 0.1) is 19.8 Å². The summed E-state index contributed by atoms with van der Waals surface area (Å²) in [4.78, 5) is 0.304. The molecule has 1 heterocycles. The van der Waals surface area contributed by atoms with E-state index in [1.54, 1.807) is 20.9 Å². The smallest absolute Gasteiger partial charge is 0.244 e. The summed E-state index contributed by atoms with van der Waals surface area (Å²) in [5.74, 6) is 1.62. The SMILES string of the molecule is CNCc1c(C)oc(C)c1S(=O)(=O)NCC1CCC1. The Morgan fingerprint density at radius 2 is 1.95 bits per heavy atom. The summed E-state index contributed by atoms with van der Waals surface area (Å²) in [5, 5.41) is 2.99. The van der Waals surface area contributed by atoms with E-state index in [1.807, 2.05) is 0 Å². The minimum Gasteiger partial charge on any atom is -0.465 e. The van der Waals surface area contributed by atoms with Gasteiger partial charge in [0, 0.05) is 18.7 Å². The fourth-order valence-corrected chi connectivity index (χ4v) is 4.00. The van der Waals surface area contributed by atoms with Crippen LogP contribution in [-0.4, -0.2) is 22.0 Å². The number of hydrogen-bond donors (Lipinski definition) is 2. The van der Waals surface area contributed by atoms with Crippen molar-refractivity contribution in [3.63, 3.8) is 0 Å². The minimum absolute atomic E-state index is 0.304. The standard InChI is InChI=1S/C13H22N2O3S/c1-9-12(8-14-3)13(10(2)18-9)19(16,17)15-7-11-5-4-6-11/h11,14-15H,4-8H2,1-3H3. The zero-order valence-electron chi connectivity index (χ0n) is 11.7. The molecule has 1 aromatic rings. The lowest BCUT2D eigenvalue weighted by molar-refractivity contribution is 0.316. The van der Waals surface area contributed by atoms with E-state index in [4.69, 9.17) is 4.42 Å². The number of nitrogens with one attached hydrogen (secondary N) is 2. The Bertz CT molecular complexity index is 544. The molecule has 2 N–H and O–H groups in total. The fraction of sp³-hybridized carbons (Fsp3) is 0.692. The highest BCUT2D eigenvalue weighted by Gasteiger charge is 2.28. The number of aryl methyl sites for hydroxylation is 2. The van der Waals surface area contributed by atoms with Crippen LogP contribution in [0.15, 0.2) is 9.31 Å². The molecule has 1 aliphatic rings. The molecule has 108 valence electrons. The third kappa shape index (κ3) is 3.01. The summed E-state index contributed by atoms with van der Waals surface area (Å²) in [6.45, 7) is 4.52. The summed E-state index contributed by atoms with van der Waals surface area (Å²) in [5.41, 5.74) is 0.723. The molecule has 0 amide bonds. The van der Waals surface area contributed by atoms with E-state index in [0.717, 1.165) is 18.4 Å². The fourth-order valence-electron chi connectivity index (χ4n) is 2.44. The van der Waals surface area contributed by atoms with Crippen LogP contribution in [0.5, 0.6) is 0 Å². The van der Waals surface area contributed by atoms with Crippen molar-refractivity contribution in [1.82, 2.24) is 10.0 Å². The Morgan fingerprint density at radius 1 is 1.26 bits per heavy atom. The van der Waals surface area contributed by atoms with Gasteiger partial charge in [-0.05, 0) is 39.7 Å². The zero-order valence-corrected chi connectivity index (χ0v) is 12.6. The van der Waals surface area contributed by atoms with Gasteiger partial charge in [-0.1, -0.05) is 6.42 Å².